The van der Waals surface area contributed by atoms with Gasteiger partial charge < -0.3 is 5.53 Å². The second-order valence-electron chi connectivity index (χ2n) is 2.81. The van der Waals surface area contributed by atoms with E-state index in [1.165, 1.54) is 0 Å². The minimum atomic E-state index is -3.99. The topological polar surface area (TPSA) is 105 Å². The highest BCUT2D eigenvalue weighted by Gasteiger charge is 2.37. The first-order chi connectivity index (χ1) is 6.25. The molecule has 82 valence electrons. The zero-order valence-corrected chi connectivity index (χ0v) is 9.60. The lowest BCUT2D eigenvalue weighted by atomic mass is 10.4. The van der Waals surface area contributed by atoms with E-state index in [1.807, 2.05) is 0 Å². The molecule has 0 rings (SSSR count). The fourth-order valence-corrected chi connectivity index (χ4v) is 4.00. The van der Waals surface area contributed by atoms with E-state index in [-0.39, 0.29) is 5.75 Å². The quantitative estimate of drug-likeness (QED) is 0.295. The van der Waals surface area contributed by atoms with Gasteiger partial charge in [-0.15, -0.1) is 4.79 Å². The number of hydrogen-bond acceptors (Lipinski definition) is 4. The first-order valence-electron chi connectivity index (χ1n) is 3.90. The summed E-state index contributed by atoms with van der Waals surface area (Å²) in [7, 11) is -7.97. The fraction of sp³-hybridized carbons (Fsp3) is 0.833. The van der Waals surface area contributed by atoms with E-state index < -0.39 is 24.1 Å². The Bertz CT molecular complexity index is 442. The summed E-state index contributed by atoms with van der Waals surface area (Å²) < 4.78 is 43.2. The van der Waals surface area contributed by atoms with Gasteiger partial charge in [-0.25, -0.2) is 16.8 Å². The molecule has 0 unspecified atom stereocenters. The summed E-state index contributed by atoms with van der Waals surface area (Å²) in [5.74, 6) is -0.323. The highest BCUT2D eigenvalue weighted by molar-refractivity contribution is 8.30. The predicted octanol–water partition coefficient (Wildman–Crippen LogP) is -0.168. The van der Waals surface area contributed by atoms with E-state index in [0.29, 0.717) is 19.1 Å². The van der Waals surface area contributed by atoms with Crippen molar-refractivity contribution in [2.75, 3.05) is 12.0 Å². The van der Waals surface area contributed by atoms with E-state index >= 15 is 0 Å². The number of hydrogen-bond donors (Lipinski definition) is 0. The van der Waals surface area contributed by atoms with Gasteiger partial charge in [0.1, 0.15) is 0 Å². The smallest absolute Gasteiger partial charge is 0.359 e. The van der Waals surface area contributed by atoms with E-state index in [9.17, 15) is 16.8 Å². The highest BCUT2D eigenvalue weighted by atomic mass is 32.3. The Kier molecular flexibility index (Phi) is 4.44. The van der Waals surface area contributed by atoms with Crippen LogP contribution in [0.1, 0.15) is 19.8 Å². The van der Waals surface area contributed by atoms with Crippen molar-refractivity contribution >= 4 is 24.1 Å². The van der Waals surface area contributed by atoms with Crippen molar-refractivity contribution in [2.45, 2.75) is 19.8 Å². The first kappa shape index (κ1) is 13.3. The van der Waals surface area contributed by atoms with Crippen molar-refractivity contribution < 1.29 is 21.6 Å². The highest BCUT2D eigenvalue weighted by Crippen LogP contribution is 2.03. The molecule has 0 amide bonds. The third-order valence-electron chi connectivity index (χ3n) is 1.43. The Morgan fingerprint density at radius 2 is 1.79 bits per heavy atom. The maximum Gasteiger partial charge on any atom is 0.494 e. The lowest BCUT2D eigenvalue weighted by Crippen LogP contribution is -2.27. The maximum atomic E-state index is 11.3. The molecule has 0 aromatic rings. The molecule has 6 nitrogen and oxygen atoms in total. The van der Waals surface area contributed by atoms with Crippen LogP contribution in [0.4, 0.5) is 0 Å². The Morgan fingerprint density at radius 1 is 1.29 bits per heavy atom. The van der Waals surface area contributed by atoms with Gasteiger partial charge in [-0.05, 0) is 6.42 Å². The van der Waals surface area contributed by atoms with Gasteiger partial charge >= 0.3 is 4.38 Å². The van der Waals surface area contributed by atoms with Crippen LogP contribution in [-0.2, 0) is 19.7 Å². The number of nitrogens with zero attached hydrogens (tertiary/aromatic N) is 2. The second-order valence-corrected chi connectivity index (χ2v) is 7.02. The van der Waals surface area contributed by atoms with E-state index in [1.54, 1.807) is 6.92 Å². The molecule has 0 heterocycles. The minimum absolute atomic E-state index is 0.323. The molecule has 0 aliphatic carbocycles. The summed E-state index contributed by atoms with van der Waals surface area (Å²) in [6.45, 7) is 1.77. The molecule has 0 aliphatic heterocycles. The summed E-state index contributed by atoms with van der Waals surface area (Å²) in [4.78, 5) is 2.32. The third kappa shape index (κ3) is 3.57. The van der Waals surface area contributed by atoms with Crippen LogP contribution in [0.2, 0.25) is 0 Å². The van der Waals surface area contributed by atoms with Crippen molar-refractivity contribution in [1.82, 2.24) is 0 Å². The average molecular weight is 240 g/mol. The molecule has 0 aliphatic rings. The van der Waals surface area contributed by atoms with Crippen molar-refractivity contribution in [2.24, 2.45) is 0 Å². The van der Waals surface area contributed by atoms with E-state index in [0.717, 1.165) is 0 Å². The molecule has 0 aromatic carbocycles. The van der Waals surface area contributed by atoms with Crippen LogP contribution in [0.5, 0.6) is 0 Å². The van der Waals surface area contributed by atoms with Crippen molar-refractivity contribution in [3.05, 3.63) is 5.53 Å². The summed E-state index contributed by atoms with van der Waals surface area (Å²) >= 11 is 0. The molecule has 8 heteroatoms. The summed E-state index contributed by atoms with van der Waals surface area (Å²) in [6, 6.07) is 0. The normalized spacial score (nSPS) is 12.1. The van der Waals surface area contributed by atoms with Gasteiger partial charge in [0.2, 0.25) is 0 Å². The SMILES string of the molecule is CCCCS(=O)(=O)C(=[N+]=[N-])S(C)(=O)=O. The molecule has 0 aromatic heterocycles. The molecule has 0 radical (unpaired) electrons. The van der Waals surface area contributed by atoms with Crippen LogP contribution < -0.4 is 0 Å². The van der Waals surface area contributed by atoms with E-state index in [2.05, 4.69) is 4.79 Å². The summed E-state index contributed by atoms with van der Waals surface area (Å²) in [5, 5.41) is 0. The molecule has 0 fully saturated rings. The molecule has 0 atom stereocenters. The molecular weight excluding hydrogens is 228 g/mol. The van der Waals surface area contributed by atoms with Gasteiger partial charge in [-0.2, -0.15) is 0 Å². The van der Waals surface area contributed by atoms with Crippen LogP contribution in [0.25, 0.3) is 5.53 Å². The lowest BCUT2D eigenvalue weighted by molar-refractivity contribution is 0.00386. The van der Waals surface area contributed by atoms with Gasteiger partial charge in [-0.1, -0.05) is 13.3 Å². The lowest BCUT2D eigenvalue weighted by Gasteiger charge is -1.96. The molecular formula is C6H12N2O4S2. The third-order valence-corrected chi connectivity index (χ3v) is 5.26. The Labute approximate surface area is 83.4 Å². The van der Waals surface area contributed by atoms with Gasteiger partial charge in [0.25, 0.3) is 19.7 Å². The van der Waals surface area contributed by atoms with Crippen LogP contribution >= 0.6 is 0 Å². The van der Waals surface area contributed by atoms with E-state index in [4.69, 9.17) is 5.53 Å². The molecule has 0 saturated carbocycles. The van der Waals surface area contributed by atoms with Crippen LogP contribution in [0, 0.1) is 0 Å². The standard InChI is InChI=1S/C6H12N2O4S2/c1-3-4-5-14(11,12)6(8-7)13(2,9)10/h3-5H2,1-2H3. The van der Waals surface area contributed by atoms with Crippen molar-refractivity contribution in [3.8, 4) is 0 Å². The molecule has 0 N–H and O–H groups in total. The average Bonchev–Trinajstić information content (AvgIpc) is 1.98. The summed E-state index contributed by atoms with van der Waals surface area (Å²) in [6.07, 6.45) is 1.63. The number of sulfone groups is 2. The van der Waals surface area contributed by atoms with Gasteiger partial charge in [0.15, 0.2) is 0 Å². The van der Waals surface area contributed by atoms with Crippen LogP contribution in [-0.4, -0.2) is 38.0 Å². The number of rotatable bonds is 3. The second kappa shape index (κ2) is 4.68. The van der Waals surface area contributed by atoms with Crippen molar-refractivity contribution in [1.29, 1.82) is 0 Å². The Morgan fingerprint density at radius 3 is 2.07 bits per heavy atom. The molecule has 0 spiro atoms. The molecule has 0 bridgehead atoms. The monoisotopic (exact) mass is 240 g/mol. The van der Waals surface area contributed by atoms with Gasteiger partial charge in [0.05, 0.1) is 12.0 Å². The summed E-state index contributed by atoms with van der Waals surface area (Å²) in [5.41, 5.74) is 8.33. The Hall–Kier alpha value is -0.720. The molecule has 14 heavy (non-hydrogen) atoms. The van der Waals surface area contributed by atoms with Crippen LogP contribution in [0.3, 0.4) is 0 Å². The zero-order valence-electron chi connectivity index (χ0n) is 7.97. The minimum Gasteiger partial charge on any atom is -0.359 e. The van der Waals surface area contributed by atoms with Crippen LogP contribution in [0.15, 0.2) is 0 Å². The first-order valence-corrected chi connectivity index (χ1v) is 7.45. The Balaban J connectivity index is 5.21. The maximum absolute atomic E-state index is 11.3. The number of unbranched alkanes of at least 4 members (excludes halogenated alkanes) is 1. The van der Waals surface area contributed by atoms with Gasteiger partial charge in [-0.3, -0.25) is 0 Å². The largest absolute Gasteiger partial charge is 0.494 e. The zero-order chi connectivity index (χ0) is 11.4. The fourth-order valence-electron chi connectivity index (χ4n) is 0.789. The molecule has 0 saturated heterocycles. The van der Waals surface area contributed by atoms with Crippen molar-refractivity contribution in [3.63, 3.8) is 0 Å². The van der Waals surface area contributed by atoms with Gasteiger partial charge in [0, 0.05) is 0 Å². The predicted molar refractivity (Wildman–Crippen MR) is 52.2 cm³/mol.